The predicted molar refractivity (Wildman–Crippen MR) is 138 cm³/mol. The average Bonchev–Trinajstić information content (AvgIpc) is 3.44. The summed E-state index contributed by atoms with van der Waals surface area (Å²) in [6.45, 7) is 2.22. The van der Waals surface area contributed by atoms with Crippen molar-refractivity contribution in [3.63, 3.8) is 0 Å². The molecule has 0 spiro atoms. The molecule has 33 heavy (non-hydrogen) atoms. The van der Waals surface area contributed by atoms with E-state index >= 15 is 0 Å². The summed E-state index contributed by atoms with van der Waals surface area (Å²) in [4.78, 5) is 5.02. The van der Waals surface area contributed by atoms with Crippen molar-refractivity contribution in [2.75, 3.05) is 0 Å². The molecule has 0 amide bonds. The van der Waals surface area contributed by atoms with Crippen LogP contribution < -0.4 is 0 Å². The van der Waals surface area contributed by atoms with Crippen LogP contribution in [0.15, 0.2) is 83.3 Å². The van der Waals surface area contributed by atoms with Crippen LogP contribution in [-0.4, -0.2) is 10.1 Å². The Morgan fingerprint density at radius 2 is 1.64 bits per heavy atom. The number of rotatable bonds is 5. The molecule has 2 heterocycles. The molecule has 0 unspecified atom stereocenters. The van der Waals surface area contributed by atoms with Gasteiger partial charge in [0.2, 0.25) is 0 Å². The van der Waals surface area contributed by atoms with Crippen molar-refractivity contribution in [3.05, 3.63) is 84.4 Å². The molecule has 3 nitrogen and oxygen atoms in total. The SMILES string of the molecule is CCCCc1cc(-c2cccc3c2oc2ccccc23)c2nc(-c3ccccc3O)sc2c1. The van der Waals surface area contributed by atoms with E-state index in [1.54, 1.807) is 17.4 Å². The number of hydrogen-bond acceptors (Lipinski definition) is 4. The summed E-state index contributed by atoms with van der Waals surface area (Å²) < 4.78 is 7.48. The second kappa shape index (κ2) is 8.05. The molecule has 0 bridgehead atoms. The number of nitrogens with zero attached hydrogens (tertiary/aromatic N) is 1. The lowest BCUT2D eigenvalue weighted by Crippen LogP contribution is -1.89. The van der Waals surface area contributed by atoms with Crippen LogP contribution in [0.2, 0.25) is 0 Å². The molecule has 0 saturated heterocycles. The van der Waals surface area contributed by atoms with Gasteiger partial charge in [-0.05, 0) is 48.7 Å². The Bertz CT molecular complexity index is 1630. The normalized spacial score (nSPS) is 11.7. The standard InChI is InChI=1S/C29H23NO2S/c1-2-3-9-18-16-23(21-13-8-12-20-19-10-5-7-15-25(19)32-28(20)21)27-26(17-18)33-29(30-27)22-11-4-6-14-24(22)31/h4-8,10-17,31H,2-3,9H2,1H3. The summed E-state index contributed by atoms with van der Waals surface area (Å²) in [6, 6.07) is 26.5. The number of unbranched alkanes of at least 4 members (excludes halogenated alkanes) is 1. The molecule has 6 aromatic rings. The first-order valence-electron chi connectivity index (χ1n) is 11.4. The molecule has 0 radical (unpaired) electrons. The smallest absolute Gasteiger partial charge is 0.143 e. The second-order valence-electron chi connectivity index (χ2n) is 8.41. The van der Waals surface area contributed by atoms with Crippen LogP contribution >= 0.6 is 11.3 Å². The number of aromatic hydroxyl groups is 1. The summed E-state index contributed by atoms with van der Waals surface area (Å²) in [7, 11) is 0. The Morgan fingerprint density at radius 1 is 0.848 bits per heavy atom. The first-order chi connectivity index (χ1) is 16.2. The number of hydrogen-bond donors (Lipinski definition) is 1. The number of phenols is 1. The van der Waals surface area contributed by atoms with Crippen LogP contribution in [0, 0.1) is 0 Å². The van der Waals surface area contributed by atoms with Gasteiger partial charge in [0, 0.05) is 21.9 Å². The molecular weight excluding hydrogens is 426 g/mol. The van der Waals surface area contributed by atoms with Crippen LogP contribution in [0.25, 0.3) is 53.9 Å². The molecule has 6 rings (SSSR count). The van der Waals surface area contributed by atoms with Crippen molar-refractivity contribution >= 4 is 43.5 Å². The summed E-state index contributed by atoms with van der Waals surface area (Å²) >= 11 is 1.63. The van der Waals surface area contributed by atoms with E-state index < -0.39 is 0 Å². The van der Waals surface area contributed by atoms with Gasteiger partial charge in [0.25, 0.3) is 0 Å². The molecule has 4 aromatic carbocycles. The lowest BCUT2D eigenvalue weighted by Gasteiger charge is -2.08. The highest BCUT2D eigenvalue weighted by Gasteiger charge is 2.18. The highest BCUT2D eigenvalue weighted by Crippen LogP contribution is 2.42. The van der Waals surface area contributed by atoms with Crippen LogP contribution in [0.3, 0.4) is 0 Å². The third-order valence-electron chi connectivity index (χ3n) is 6.20. The van der Waals surface area contributed by atoms with Gasteiger partial charge in [-0.2, -0.15) is 0 Å². The molecule has 0 aliphatic carbocycles. The topological polar surface area (TPSA) is 46.3 Å². The Morgan fingerprint density at radius 3 is 2.52 bits per heavy atom. The van der Waals surface area contributed by atoms with Gasteiger partial charge in [-0.25, -0.2) is 4.98 Å². The maximum atomic E-state index is 10.4. The highest BCUT2D eigenvalue weighted by molar-refractivity contribution is 7.21. The van der Waals surface area contributed by atoms with E-state index in [9.17, 15) is 5.11 Å². The fourth-order valence-corrected chi connectivity index (χ4v) is 5.64. The Balaban J connectivity index is 1.63. The van der Waals surface area contributed by atoms with E-state index in [1.807, 2.05) is 36.4 Å². The second-order valence-corrected chi connectivity index (χ2v) is 9.44. The summed E-state index contributed by atoms with van der Waals surface area (Å²) in [5.74, 6) is 0.253. The van der Waals surface area contributed by atoms with Crippen LogP contribution in [0.4, 0.5) is 0 Å². The van der Waals surface area contributed by atoms with E-state index in [1.165, 1.54) is 5.56 Å². The number of phenolic OH excluding ortho intramolecular Hbond substituents is 1. The molecule has 1 N–H and O–H groups in total. The van der Waals surface area contributed by atoms with Crippen molar-refractivity contribution in [3.8, 4) is 27.4 Å². The number of furan rings is 1. The first-order valence-corrected chi connectivity index (χ1v) is 12.2. The molecule has 0 fully saturated rings. The Kier molecular flexibility index (Phi) is 4.88. The average molecular weight is 450 g/mol. The van der Waals surface area contributed by atoms with Gasteiger partial charge in [-0.3, -0.25) is 0 Å². The minimum atomic E-state index is 0.253. The minimum Gasteiger partial charge on any atom is -0.507 e. The lowest BCUT2D eigenvalue weighted by molar-refractivity contribution is 0.477. The summed E-state index contributed by atoms with van der Waals surface area (Å²) in [5.41, 5.74) is 6.95. The quantitative estimate of drug-likeness (QED) is 0.287. The van der Waals surface area contributed by atoms with Gasteiger partial charge in [0.1, 0.15) is 21.9 Å². The zero-order valence-corrected chi connectivity index (χ0v) is 19.2. The van der Waals surface area contributed by atoms with Crippen molar-refractivity contribution in [1.82, 2.24) is 4.98 Å². The highest BCUT2D eigenvalue weighted by atomic mass is 32.1. The fourth-order valence-electron chi connectivity index (χ4n) is 4.55. The van der Waals surface area contributed by atoms with Gasteiger partial charge in [0.05, 0.1) is 15.8 Å². The zero-order chi connectivity index (χ0) is 22.4. The number of aromatic nitrogens is 1. The fraction of sp³-hybridized carbons (Fsp3) is 0.138. The van der Waals surface area contributed by atoms with Gasteiger partial charge < -0.3 is 9.52 Å². The van der Waals surface area contributed by atoms with Crippen LogP contribution in [-0.2, 0) is 6.42 Å². The number of para-hydroxylation sites is 3. The maximum Gasteiger partial charge on any atom is 0.143 e. The van der Waals surface area contributed by atoms with Gasteiger partial charge >= 0.3 is 0 Å². The maximum absolute atomic E-state index is 10.4. The Labute approximate surface area is 195 Å². The van der Waals surface area contributed by atoms with E-state index in [4.69, 9.17) is 9.40 Å². The van der Waals surface area contributed by atoms with Crippen LogP contribution in [0.1, 0.15) is 25.3 Å². The number of aryl methyl sites for hydroxylation is 1. The van der Waals surface area contributed by atoms with E-state index in [2.05, 4.69) is 43.3 Å². The third kappa shape index (κ3) is 3.38. The first kappa shape index (κ1) is 20.0. The molecule has 4 heteroatoms. The monoisotopic (exact) mass is 449 g/mol. The van der Waals surface area contributed by atoms with Crippen molar-refractivity contribution in [2.45, 2.75) is 26.2 Å². The van der Waals surface area contributed by atoms with Crippen molar-refractivity contribution in [1.29, 1.82) is 0 Å². The van der Waals surface area contributed by atoms with Gasteiger partial charge in [-0.15, -0.1) is 11.3 Å². The molecule has 0 aliphatic rings. The molecule has 0 saturated carbocycles. The summed E-state index contributed by atoms with van der Waals surface area (Å²) in [6.07, 6.45) is 3.32. The third-order valence-corrected chi connectivity index (χ3v) is 7.24. The number of benzene rings is 4. The van der Waals surface area contributed by atoms with Crippen molar-refractivity contribution < 1.29 is 9.52 Å². The Hall–Kier alpha value is -3.63. The number of fused-ring (bicyclic) bond motifs is 4. The predicted octanol–water partition coefficient (Wildman–Crippen LogP) is 8.58. The lowest BCUT2D eigenvalue weighted by atomic mass is 9.97. The van der Waals surface area contributed by atoms with E-state index in [0.717, 1.165) is 73.1 Å². The largest absolute Gasteiger partial charge is 0.507 e. The molecule has 162 valence electrons. The molecular formula is C29H23NO2S. The molecule has 0 atom stereocenters. The van der Waals surface area contributed by atoms with Crippen molar-refractivity contribution in [2.24, 2.45) is 0 Å². The zero-order valence-electron chi connectivity index (χ0n) is 18.3. The molecule has 0 aliphatic heterocycles. The van der Waals surface area contributed by atoms with Gasteiger partial charge in [0.15, 0.2) is 0 Å². The number of thiazole rings is 1. The van der Waals surface area contributed by atoms with Gasteiger partial charge in [-0.1, -0.05) is 61.9 Å². The molecule has 2 aromatic heterocycles. The summed E-state index contributed by atoms with van der Waals surface area (Å²) in [5, 5.41) is 13.5. The van der Waals surface area contributed by atoms with E-state index in [0.29, 0.717) is 0 Å². The van der Waals surface area contributed by atoms with Crippen LogP contribution in [0.5, 0.6) is 5.75 Å². The minimum absolute atomic E-state index is 0.253. The van der Waals surface area contributed by atoms with E-state index in [-0.39, 0.29) is 5.75 Å².